The Hall–Kier alpha value is -1.98. The molecule has 21 heavy (non-hydrogen) atoms. The molecule has 0 bridgehead atoms. The van der Waals surface area contributed by atoms with Crippen LogP contribution in [0.15, 0.2) is 18.2 Å². The average molecular weight is 296 g/mol. The van der Waals surface area contributed by atoms with Crippen LogP contribution in [0.1, 0.15) is 49.5 Å². The zero-order valence-electron chi connectivity index (χ0n) is 12.1. The van der Waals surface area contributed by atoms with Gasteiger partial charge in [-0.1, -0.05) is 25.8 Å². The fourth-order valence-corrected chi connectivity index (χ4v) is 2.18. The van der Waals surface area contributed by atoms with Gasteiger partial charge < -0.3 is 10.4 Å². The molecule has 0 aromatic carbocycles. The first kappa shape index (κ1) is 17.1. The number of nitrogens with one attached hydrogen (secondary N) is 1. The van der Waals surface area contributed by atoms with Crippen molar-refractivity contribution in [3.63, 3.8) is 0 Å². The molecule has 1 unspecified atom stereocenters. The first-order valence-electron chi connectivity index (χ1n) is 7.15. The molecule has 2 N–H and O–H groups in total. The number of rotatable bonds is 9. The van der Waals surface area contributed by atoms with E-state index in [2.05, 4.69) is 10.3 Å². The number of halogens is 1. The molecule has 1 atom stereocenters. The molecule has 1 aromatic heterocycles. The standard InChI is InChI=1S/C15H21FN2O3/c1-2-4-11(7-8-14(19)20)9-10-17-15(21)12-5-3-6-13(16)18-12/h3,5-6,11H,2,4,7-10H2,1H3,(H,17,21)(H,19,20). The van der Waals surface area contributed by atoms with E-state index in [0.29, 0.717) is 19.4 Å². The van der Waals surface area contributed by atoms with E-state index < -0.39 is 17.8 Å². The molecule has 0 aliphatic heterocycles. The number of carbonyl (C=O) groups excluding carboxylic acids is 1. The first-order chi connectivity index (χ1) is 10.0. The number of hydrogen-bond donors (Lipinski definition) is 2. The minimum atomic E-state index is -0.802. The number of pyridine rings is 1. The fraction of sp³-hybridized carbons (Fsp3) is 0.533. The maximum atomic E-state index is 12.9. The lowest BCUT2D eigenvalue weighted by molar-refractivity contribution is -0.137. The molecule has 1 amide bonds. The number of hydrogen-bond acceptors (Lipinski definition) is 3. The van der Waals surface area contributed by atoms with Gasteiger partial charge in [0.05, 0.1) is 0 Å². The summed E-state index contributed by atoms with van der Waals surface area (Å²) in [5, 5.41) is 11.4. The first-order valence-corrected chi connectivity index (χ1v) is 7.15. The van der Waals surface area contributed by atoms with Gasteiger partial charge in [0.25, 0.3) is 5.91 Å². The number of aromatic nitrogens is 1. The molecule has 0 aliphatic rings. The largest absolute Gasteiger partial charge is 0.481 e. The summed E-state index contributed by atoms with van der Waals surface area (Å²) in [6, 6.07) is 4.07. The molecule has 1 rings (SSSR count). The zero-order valence-corrected chi connectivity index (χ0v) is 12.1. The molecule has 0 spiro atoms. The van der Waals surface area contributed by atoms with E-state index >= 15 is 0 Å². The molecule has 6 heteroatoms. The summed E-state index contributed by atoms with van der Waals surface area (Å²) in [6.07, 6.45) is 3.37. The van der Waals surface area contributed by atoms with Crippen LogP contribution in [0.2, 0.25) is 0 Å². The van der Waals surface area contributed by atoms with E-state index in [0.717, 1.165) is 12.8 Å². The van der Waals surface area contributed by atoms with Crippen LogP contribution in [0.25, 0.3) is 0 Å². The highest BCUT2D eigenvalue weighted by Crippen LogP contribution is 2.17. The van der Waals surface area contributed by atoms with Gasteiger partial charge in [0.15, 0.2) is 0 Å². The van der Waals surface area contributed by atoms with Crippen molar-refractivity contribution in [3.8, 4) is 0 Å². The Morgan fingerprint density at radius 2 is 2.10 bits per heavy atom. The Bertz CT molecular complexity index is 480. The third kappa shape index (κ3) is 6.83. The molecule has 5 nitrogen and oxygen atoms in total. The highest BCUT2D eigenvalue weighted by molar-refractivity contribution is 5.92. The minimum Gasteiger partial charge on any atom is -0.481 e. The number of carbonyl (C=O) groups is 2. The summed E-state index contributed by atoms with van der Waals surface area (Å²) in [4.78, 5) is 25.9. The molecule has 1 aromatic rings. The average Bonchev–Trinajstić information content (AvgIpc) is 2.44. The second-order valence-electron chi connectivity index (χ2n) is 4.98. The van der Waals surface area contributed by atoms with E-state index in [1.807, 2.05) is 6.92 Å². The molecular formula is C15H21FN2O3. The Morgan fingerprint density at radius 3 is 2.71 bits per heavy atom. The molecule has 0 saturated heterocycles. The predicted octanol–water partition coefficient (Wildman–Crippen LogP) is 2.62. The van der Waals surface area contributed by atoms with Gasteiger partial charge in [0.2, 0.25) is 5.95 Å². The van der Waals surface area contributed by atoms with E-state index in [1.165, 1.54) is 18.2 Å². The Balaban J connectivity index is 2.38. The van der Waals surface area contributed by atoms with Crippen molar-refractivity contribution in [1.29, 1.82) is 0 Å². The Kier molecular flexibility index (Phi) is 7.36. The monoisotopic (exact) mass is 296 g/mol. The molecule has 0 saturated carbocycles. The highest BCUT2D eigenvalue weighted by Gasteiger charge is 2.12. The van der Waals surface area contributed by atoms with Crippen molar-refractivity contribution in [1.82, 2.24) is 10.3 Å². The van der Waals surface area contributed by atoms with Crippen molar-refractivity contribution in [3.05, 3.63) is 29.8 Å². The van der Waals surface area contributed by atoms with Crippen LogP contribution in [0.5, 0.6) is 0 Å². The smallest absolute Gasteiger partial charge is 0.303 e. The van der Waals surface area contributed by atoms with E-state index in [9.17, 15) is 14.0 Å². The van der Waals surface area contributed by atoms with Gasteiger partial charge in [-0.05, 0) is 30.9 Å². The fourth-order valence-electron chi connectivity index (χ4n) is 2.18. The summed E-state index contributed by atoms with van der Waals surface area (Å²) < 4.78 is 12.9. The maximum absolute atomic E-state index is 12.9. The third-order valence-corrected chi connectivity index (χ3v) is 3.25. The van der Waals surface area contributed by atoms with E-state index in [1.54, 1.807) is 0 Å². The van der Waals surface area contributed by atoms with Crippen molar-refractivity contribution < 1.29 is 19.1 Å². The van der Waals surface area contributed by atoms with Gasteiger partial charge in [-0.25, -0.2) is 4.98 Å². The summed E-state index contributed by atoms with van der Waals surface area (Å²) in [5.74, 6) is -1.63. The lowest BCUT2D eigenvalue weighted by atomic mass is 9.94. The predicted molar refractivity (Wildman–Crippen MR) is 76.4 cm³/mol. The van der Waals surface area contributed by atoms with Gasteiger partial charge in [0, 0.05) is 13.0 Å². The van der Waals surface area contributed by atoms with Gasteiger partial charge in [-0.2, -0.15) is 4.39 Å². The minimum absolute atomic E-state index is 0.0487. The van der Waals surface area contributed by atoms with Crippen LogP contribution < -0.4 is 5.32 Å². The zero-order chi connectivity index (χ0) is 15.7. The highest BCUT2D eigenvalue weighted by atomic mass is 19.1. The summed E-state index contributed by atoms with van der Waals surface area (Å²) >= 11 is 0. The van der Waals surface area contributed by atoms with Crippen LogP contribution in [0.3, 0.4) is 0 Å². The second-order valence-corrected chi connectivity index (χ2v) is 4.98. The van der Waals surface area contributed by atoms with Crippen molar-refractivity contribution in [2.45, 2.75) is 39.0 Å². The summed E-state index contributed by atoms with van der Waals surface area (Å²) in [6.45, 7) is 2.48. The molecule has 0 fully saturated rings. The van der Waals surface area contributed by atoms with Crippen LogP contribution in [-0.4, -0.2) is 28.5 Å². The number of aliphatic carboxylic acids is 1. The van der Waals surface area contributed by atoms with Gasteiger partial charge in [0.1, 0.15) is 5.69 Å². The maximum Gasteiger partial charge on any atom is 0.303 e. The number of amides is 1. The SMILES string of the molecule is CCCC(CCNC(=O)c1cccc(F)n1)CCC(=O)O. The number of nitrogens with zero attached hydrogens (tertiary/aromatic N) is 1. The van der Waals surface area contributed by atoms with Crippen molar-refractivity contribution in [2.75, 3.05) is 6.54 Å². The quantitative estimate of drug-likeness (QED) is 0.687. The molecule has 1 heterocycles. The van der Waals surface area contributed by atoms with Crippen LogP contribution >= 0.6 is 0 Å². The van der Waals surface area contributed by atoms with Crippen LogP contribution in [0.4, 0.5) is 4.39 Å². The lowest BCUT2D eigenvalue weighted by Gasteiger charge is -2.15. The molecule has 0 radical (unpaired) electrons. The number of carboxylic acid groups (broad SMARTS) is 1. The molecule has 116 valence electrons. The van der Waals surface area contributed by atoms with E-state index in [-0.39, 0.29) is 18.0 Å². The normalized spacial score (nSPS) is 11.9. The topological polar surface area (TPSA) is 79.3 Å². The van der Waals surface area contributed by atoms with Crippen molar-refractivity contribution in [2.24, 2.45) is 5.92 Å². The van der Waals surface area contributed by atoms with Gasteiger partial charge >= 0.3 is 5.97 Å². The Labute approximate surface area is 123 Å². The van der Waals surface area contributed by atoms with Gasteiger partial charge in [-0.3, -0.25) is 9.59 Å². The third-order valence-electron chi connectivity index (χ3n) is 3.25. The molecule has 0 aliphatic carbocycles. The number of carboxylic acids is 1. The Morgan fingerprint density at radius 1 is 1.33 bits per heavy atom. The van der Waals surface area contributed by atoms with Crippen molar-refractivity contribution >= 4 is 11.9 Å². The van der Waals surface area contributed by atoms with Crippen LogP contribution in [-0.2, 0) is 4.79 Å². The summed E-state index contributed by atoms with van der Waals surface area (Å²) in [5.41, 5.74) is 0.0487. The summed E-state index contributed by atoms with van der Waals surface area (Å²) in [7, 11) is 0. The van der Waals surface area contributed by atoms with E-state index in [4.69, 9.17) is 5.11 Å². The second kappa shape index (κ2) is 9.05. The van der Waals surface area contributed by atoms with Crippen LogP contribution in [0, 0.1) is 11.9 Å². The van der Waals surface area contributed by atoms with Gasteiger partial charge in [-0.15, -0.1) is 0 Å². The lowest BCUT2D eigenvalue weighted by Crippen LogP contribution is -2.27. The molecular weight excluding hydrogens is 275 g/mol.